The van der Waals surface area contributed by atoms with Crippen molar-refractivity contribution in [1.82, 2.24) is 4.90 Å². The first-order valence-corrected chi connectivity index (χ1v) is 7.50. The molecule has 2 rings (SSSR count). The van der Waals surface area contributed by atoms with Crippen LogP contribution in [-0.2, 0) is 6.54 Å². The predicted molar refractivity (Wildman–Crippen MR) is 87.0 cm³/mol. The molecule has 2 nitrogen and oxygen atoms in total. The molecule has 0 N–H and O–H groups in total. The smallest absolute Gasteiger partial charge is 0.0874 e. The second-order valence-electron chi connectivity index (χ2n) is 5.08. The Morgan fingerprint density at radius 2 is 1.62 bits per heavy atom. The molecule has 0 aromatic heterocycles. The van der Waals surface area contributed by atoms with Gasteiger partial charge in [0.05, 0.1) is 24.0 Å². The van der Waals surface area contributed by atoms with E-state index in [1.807, 2.05) is 43.3 Å². The Labute approximate surface area is 131 Å². The number of halogens is 1. The summed E-state index contributed by atoms with van der Waals surface area (Å²) in [5.74, 6) is 0. The molecule has 0 saturated heterocycles. The molecule has 21 heavy (non-hydrogen) atoms. The van der Waals surface area contributed by atoms with E-state index in [1.54, 1.807) is 0 Å². The van der Waals surface area contributed by atoms with E-state index in [4.69, 9.17) is 16.9 Å². The maximum Gasteiger partial charge on any atom is 0.0874 e. The van der Waals surface area contributed by atoms with Crippen molar-refractivity contribution in [2.75, 3.05) is 6.54 Å². The summed E-state index contributed by atoms with van der Waals surface area (Å²) in [6, 6.07) is 22.6. The molecular formula is C18H19ClN2. The minimum absolute atomic E-state index is 0.0210. The largest absolute Gasteiger partial charge is 0.278 e. The Morgan fingerprint density at radius 3 is 2.14 bits per heavy atom. The zero-order valence-corrected chi connectivity index (χ0v) is 12.9. The van der Waals surface area contributed by atoms with Gasteiger partial charge in [0, 0.05) is 6.54 Å². The van der Waals surface area contributed by atoms with Gasteiger partial charge < -0.3 is 0 Å². The molecule has 0 aliphatic carbocycles. The molecule has 2 aromatic rings. The van der Waals surface area contributed by atoms with Gasteiger partial charge in [0.15, 0.2) is 0 Å². The minimum atomic E-state index is -0.0792. The number of nitrogens with zero attached hydrogens (tertiary/aromatic N) is 2. The van der Waals surface area contributed by atoms with Gasteiger partial charge in [-0.15, -0.1) is 11.6 Å². The third kappa shape index (κ3) is 4.32. The molecule has 0 saturated carbocycles. The fourth-order valence-corrected chi connectivity index (χ4v) is 2.88. The fraction of sp³-hybridized carbons (Fsp3) is 0.278. The fourth-order valence-electron chi connectivity index (χ4n) is 2.58. The quantitative estimate of drug-likeness (QED) is 0.584. The summed E-state index contributed by atoms with van der Waals surface area (Å²) in [5, 5.41) is 9.08. The van der Waals surface area contributed by atoms with Crippen molar-refractivity contribution in [1.29, 1.82) is 5.26 Å². The van der Waals surface area contributed by atoms with Gasteiger partial charge in [0.2, 0.25) is 0 Å². The topological polar surface area (TPSA) is 27.0 Å². The number of hydrogen-bond acceptors (Lipinski definition) is 2. The van der Waals surface area contributed by atoms with Crippen LogP contribution in [0.1, 0.15) is 24.1 Å². The molecule has 2 aromatic carbocycles. The number of alkyl halides is 1. The van der Waals surface area contributed by atoms with Crippen molar-refractivity contribution in [2.24, 2.45) is 0 Å². The molecule has 0 radical (unpaired) electrons. The maximum absolute atomic E-state index is 9.16. The van der Waals surface area contributed by atoms with E-state index in [0.717, 1.165) is 5.56 Å². The predicted octanol–water partition coefficient (Wildman–Crippen LogP) is 4.38. The van der Waals surface area contributed by atoms with Crippen LogP contribution < -0.4 is 0 Å². The average Bonchev–Trinajstić information content (AvgIpc) is 2.49. The Kier molecular flexibility index (Phi) is 5.80. The molecule has 3 heteroatoms. The Hall–Kier alpha value is -1.82. The van der Waals surface area contributed by atoms with Crippen LogP contribution in [0.15, 0.2) is 60.7 Å². The van der Waals surface area contributed by atoms with E-state index in [2.05, 4.69) is 35.2 Å². The van der Waals surface area contributed by atoms with E-state index < -0.39 is 0 Å². The minimum Gasteiger partial charge on any atom is -0.278 e. The molecule has 0 aliphatic rings. The lowest BCUT2D eigenvalue weighted by molar-refractivity contribution is 0.210. The van der Waals surface area contributed by atoms with Gasteiger partial charge in [-0.25, -0.2) is 0 Å². The average molecular weight is 299 g/mol. The first kappa shape index (κ1) is 15.6. The zero-order valence-electron chi connectivity index (χ0n) is 12.1. The van der Waals surface area contributed by atoms with Crippen LogP contribution in [0.25, 0.3) is 0 Å². The molecule has 0 amide bonds. The van der Waals surface area contributed by atoms with Crippen LogP contribution in [0, 0.1) is 11.3 Å². The lowest BCUT2D eigenvalue weighted by Gasteiger charge is -2.32. The second kappa shape index (κ2) is 7.83. The number of hydrogen-bond donors (Lipinski definition) is 0. The molecular weight excluding hydrogens is 280 g/mol. The normalized spacial score (nSPS) is 13.6. The van der Waals surface area contributed by atoms with Crippen LogP contribution in [0.4, 0.5) is 0 Å². The molecule has 0 heterocycles. The van der Waals surface area contributed by atoms with Crippen molar-refractivity contribution in [3.63, 3.8) is 0 Å². The van der Waals surface area contributed by atoms with E-state index in [1.165, 1.54) is 5.56 Å². The molecule has 0 fully saturated rings. The third-order valence-corrected chi connectivity index (χ3v) is 3.71. The molecule has 108 valence electrons. The van der Waals surface area contributed by atoms with Gasteiger partial charge in [-0.05, 0) is 18.1 Å². The SMILES string of the molecule is C[C@H](Cl)[C@H](c1ccccc1)N(CC#N)Cc1ccccc1. The van der Waals surface area contributed by atoms with Gasteiger partial charge in [-0.3, -0.25) is 4.90 Å². The second-order valence-corrected chi connectivity index (χ2v) is 5.77. The van der Waals surface area contributed by atoms with Crippen LogP contribution in [0.2, 0.25) is 0 Å². The van der Waals surface area contributed by atoms with E-state index in [-0.39, 0.29) is 11.4 Å². The van der Waals surface area contributed by atoms with Gasteiger partial charge in [0.1, 0.15) is 0 Å². The van der Waals surface area contributed by atoms with Crippen LogP contribution in [0.5, 0.6) is 0 Å². The number of benzene rings is 2. The van der Waals surface area contributed by atoms with Crippen molar-refractivity contribution in [3.8, 4) is 6.07 Å². The summed E-state index contributed by atoms with van der Waals surface area (Å²) in [4.78, 5) is 2.13. The first-order chi connectivity index (χ1) is 10.2. The van der Waals surface area contributed by atoms with Crippen molar-refractivity contribution < 1.29 is 0 Å². The van der Waals surface area contributed by atoms with Gasteiger partial charge >= 0.3 is 0 Å². The Balaban J connectivity index is 2.27. The maximum atomic E-state index is 9.16. The Morgan fingerprint density at radius 1 is 1.05 bits per heavy atom. The molecule has 0 unspecified atom stereocenters. The van der Waals surface area contributed by atoms with Crippen molar-refractivity contribution in [3.05, 3.63) is 71.8 Å². The molecule has 2 atom stereocenters. The molecule has 0 bridgehead atoms. The van der Waals surface area contributed by atoms with Crippen LogP contribution >= 0.6 is 11.6 Å². The summed E-state index contributed by atoms with van der Waals surface area (Å²) in [7, 11) is 0. The van der Waals surface area contributed by atoms with Crippen molar-refractivity contribution >= 4 is 11.6 Å². The van der Waals surface area contributed by atoms with Crippen molar-refractivity contribution in [2.45, 2.75) is 24.9 Å². The van der Waals surface area contributed by atoms with E-state index >= 15 is 0 Å². The highest BCUT2D eigenvalue weighted by Crippen LogP contribution is 2.28. The van der Waals surface area contributed by atoms with Gasteiger partial charge in [-0.2, -0.15) is 5.26 Å². The summed E-state index contributed by atoms with van der Waals surface area (Å²) in [6.07, 6.45) is 0. The highest BCUT2D eigenvalue weighted by atomic mass is 35.5. The summed E-state index contributed by atoms with van der Waals surface area (Å²) >= 11 is 6.42. The first-order valence-electron chi connectivity index (χ1n) is 7.06. The number of nitriles is 1. The summed E-state index contributed by atoms with van der Waals surface area (Å²) < 4.78 is 0. The summed E-state index contributed by atoms with van der Waals surface area (Å²) in [6.45, 7) is 3.05. The van der Waals surface area contributed by atoms with Crippen LogP contribution in [0.3, 0.4) is 0 Å². The van der Waals surface area contributed by atoms with E-state index in [0.29, 0.717) is 13.1 Å². The van der Waals surface area contributed by atoms with E-state index in [9.17, 15) is 0 Å². The molecule has 0 aliphatic heterocycles. The highest BCUT2D eigenvalue weighted by Gasteiger charge is 2.24. The molecule has 0 spiro atoms. The highest BCUT2D eigenvalue weighted by molar-refractivity contribution is 6.20. The lowest BCUT2D eigenvalue weighted by Crippen LogP contribution is -2.33. The Bertz CT molecular complexity index is 575. The van der Waals surface area contributed by atoms with Crippen LogP contribution in [-0.4, -0.2) is 16.8 Å². The standard InChI is InChI=1S/C18H19ClN2/c1-15(19)18(17-10-6-3-7-11-17)21(13-12-20)14-16-8-4-2-5-9-16/h2-11,15,18H,13-14H2,1H3/t15-,18+/m0/s1. The third-order valence-electron chi connectivity index (χ3n) is 3.47. The van der Waals surface area contributed by atoms with Gasteiger partial charge in [-0.1, -0.05) is 60.7 Å². The number of rotatable bonds is 6. The zero-order chi connectivity index (χ0) is 15.1. The summed E-state index contributed by atoms with van der Waals surface area (Å²) in [5.41, 5.74) is 2.33. The van der Waals surface area contributed by atoms with Gasteiger partial charge in [0.25, 0.3) is 0 Å². The monoisotopic (exact) mass is 298 g/mol. The lowest BCUT2D eigenvalue weighted by atomic mass is 10.0.